The second-order valence-electron chi connectivity index (χ2n) is 6.65. The van der Waals surface area contributed by atoms with Crippen LogP contribution in [0.5, 0.6) is 0 Å². The fourth-order valence-electron chi connectivity index (χ4n) is 3.59. The summed E-state index contributed by atoms with van der Waals surface area (Å²) in [5.41, 5.74) is 4.14. The summed E-state index contributed by atoms with van der Waals surface area (Å²) in [4.78, 5) is 13.0. The van der Waals surface area contributed by atoms with Gasteiger partial charge >= 0.3 is 0 Å². The van der Waals surface area contributed by atoms with E-state index >= 15 is 0 Å². The Balaban J connectivity index is 1.59. The maximum Gasteiger partial charge on any atom is 0.253 e. The standard InChI is InChI=1S/C21H22N2O/c24-21(19-14-22-13-17-9-4-5-12-18(17)19)23-20(16-10-6-11-16)15-7-2-1-3-8-15/h1-5,7-9,12,14,16,20,22H,6,10-11,13H2,(H,23,24)/t20-/m1/s1. The lowest BCUT2D eigenvalue weighted by molar-refractivity contribution is -0.117. The molecule has 2 aromatic carbocycles. The molecule has 1 fully saturated rings. The molecule has 0 spiro atoms. The molecule has 1 amide bonds. The number of fused-ring (bicyclic) bond motifs is 1. The van der Waals surface area contributed by atoms with Crippen molar-refractivity contribution >= 4 is 11.5 Å². The van der Waals surface area contributed by atoms with Gasteiger partial charge in [-0.3, -0.25) is 4.79 Å². The molecule has 0 unspecified atom stereocenters. The van der Waals surface area contributed by atoms with E-state index in [0.717, 1.165) is 17.7 Å². The zero-order valence-corrected chi connectivity index (χ0v) is 13.7. The predicted molar refractivity (Wildman–Crippen MR) is 95.9 cm³/mol. The van der Waals surface area contributed by atoms with E-state index in [1.165, 1.54) is 30.4 Å². The van der Waals surface area contributed by atoms with Gasteiger partial charge in [0, 0.05) is 12.7 Å². The highest BCUT2D eigenvalue weighted by Crippen LogP contribution is 2.38. The summed E-state index contributed by atoms with van der Waals surface area (Å²) in [7, 11) is 0. The van der Waals surface area contributed by atoms with Gasteiger partial charge in [-0.05, 0) is 35.4 Å². The Hall–Kier alpha value is -2.55. The molecule has 1 heterocycles. The van der Waals surface area contributed by atoms with E-state index in [1.807, 2.05) is 42.6 Å². The molecule has 1 atom stereocenters. The average Bonchev–Trinajstić information content (AvgIpc) is 2.60. The third kappa shape index (κ3) is 2.82. The summed E-state index contributed by atoms with van der Waals surface area (Å²) in [6, 6.07) is 18.6. The summed E-state index contributed by atoms with van der Waals surface area (Å²) in [5, 5.41) is 6.52. The first kappa shape index (κ1) is 15.0. The number of hydrogen-bond acceptors (Lipinski definition) is 2. The summed E-state index contributed by atoms with van der Waals surface area (Å²) >= 11 is 0. The molecule has 3 heteroatoms. The molecule has 1 saturated carbocycles. The maximum atomic E-state index is 13.0. The quantitative estimate of drug-likeness (QED) is 0.900. The minimum absolute atomic E-state index is 0.00963. The monoisotopic (exact) mass is 318 g/mol. The second-order valence-corrected chi connectivity index (χ2v) is 6.65. The number of rotatable bonds is 4. The van der Waals surface area contributed by atoms with Gasteiger partial charge in [-0.1, -0.05) is 61.0 Å². The van der Waals surface area contributed by atoms with Crippen LogP contribution in [0, 0.1) is 5.92 Å². The van der Waals surface area contributed by atoms with Crippen LogP contribution in [0.25, 0.3) is 5.57 Å². The maximum absolute atomic E-state index is 13.0. The van der Waals surface area contributed by atoms with Gasteiger partial charge in [-0.2, -0.15) is 0 Å². The number of benzene rings is 2. The van der Waals surface area contributed by atoms with Crippen LogP contribution in [0.1, 0.15) is 42.0 Å². The van der Waals surface area contributed by atoms with Crippen molar-refractivity contribution in [1.29, 1.82) is 0 Å². The van der Waals surface area contributed by atoms with E-state index in [-0.39, 0.29) is 11.9 Å². The van der Waals surface area contributed by atoms with Crippen LogP contribution in [0.4, 0.5) is 0 Å². The van der Waals surface area contributed by atoms with Crippen LogP contribution in [0.15, 0.2) is 60.8 Å². The van der Waals surface area contributed by atoms with Gasteiger partial charge in [0.1, 0.15) is 0 Å². The highest BCUT2D eigenvalue weighted by molar-refractivity contribution is 6.20. The van der Waals surface area contributed by atoms with Gasteiger partial charge in [0.25, 0.3) is 5.91 Å². The first-order valence-corrected chi connectivity index (χ1v) is 8.70. The number of carbonyl (C=O) groups is 1. The van der Waals surface area contributed by atoms with Crippen LogP contribution in [0.2, 0.25) is 0 Å². The van der Waals surface area contributed by atoms with Crippen molar-refractivity contribution in [2.45, 2.75) is 31.8 Å². The first-order valence-electron chi connectivity index (χ1n) is 8.70. The van der Waals surface area contributed by atoms with Crippen molar-refractivity contribution in [2.24, 2.45) is 5.92 Å². The molecule has 2 N–H and O–H groups in total. The number of hydrogen-bond donors (Lipinski definition) is 2. The molecule has 0 radical (unpaired) electrons. The second kappa shape index (κ2) is 6.52. The van der Waals surface area contributed by atoms with E-state index in [0.29, 0.717) is 5.92 Å². The molecule has 2 aromatic rings. The molecule has 1 aliphatic heterocycles. The van der Waals surface area contributed by atoms with Gasteiger partial charge in [0.15, 0.2) is 0 Å². The highest BCUT2D eigenvalue weighted by atomic mass is 16.1. The third-order valence-corrected chi connectivity index (χ3v) is 5.16. The molecule has 0 bridgehead atoms. The Morgan fingerprint density at radius 3 is 2.54 bits per heavy atom. The third-order valence-electron chi connectivity index (χ3n) is 5.16. The van der Waals surface area contributed by atoms with Gasteiger partial charge in [-0.15, -0.1) is 0 Å². The molecule has 0 saturated heterocycles. The number of carbonyl (C=O) groups excluding carboxylic acids is 1. The van der Waals surface area contributed by atoms with E-state index in [1.54, 1.807) is 0 Å². The van der Waals surface area contributed by atoms with Crippen LogP contribution in [-0.2, 0) is 11.3 Å². The van der Waals surface area contributed by atoms with Crippen molar-refractivity contribution in [3.05, 3.63) is 77.5 Å². The summed E-state index contributed by atoms with van der Waals surface area (Å²) in [6.45, 7) is 0.775. The van der Waals surface area contributed by atoms with E-state index in [9.17, 15) is 4.79 Å². The van der Waals surface area contributed by atoms with Gasteiger partial charge in [0.05, 0.1) is 11.6 Å². The van der Waals surface area contributed by atoms with Gasteiger partial charge < -0.3 is 10.6 Å². The van der Waals surface area contributed by atoms with Gasteiger partial charge in [0.2, 0.25) is 0 Å². The molecular weight excluding hydrogens is 296 g/mol. The fraction of sp³-hybridized carbons (Fsp3) is 0.286. The Morgan fingerprint density at radius 1 is 1.04 bits per heavy atom. The lowest BCUT2D eigenvalue weighted by atomic mass is 9.77. The van der Waals surface area contributed by atoms with Crippen molar-refractivity contribution in [2.75, 3.05) is 0 Å². The largest absolute Gasteiger partial charge is 0.386 e. The van der Waals surface area contributed by atoms with Crippen molar-refractivity contribution in [1.82, 2.24) is 10.6 Å². The normalized spacial score (nSPS) is 17.8. The summed E-state index contributed by atoms with van der Waals surface area (Å²) in [5.74, 6) is 0.555. The molecule has 0 aromatic heterocycles. The Labute approximate surface area is 142 Å². The first-order chi connectivity index (χ1) is 11.8. The molecule has 3 nitrogen and oxygen atoms in total. The molecular formula is C21H22N2O. The van der Waals surface area contributed by atoms with E-state index in [4.69, 9.17) is 0 Å². The Kier molecular flexibility index (Phi) is 4.08. The zero-order chi connectivity index (χ0) is 16.4. The molecule has 1 aliphatic carbocycles. The SMILES string of the molecule is O=C(N[C@H](c1ccccc1)C1CCC1)C1=CNCc2ccccc21. The van der Waals surface area contributed by atoms with Crippen LogP contribution < -0.4 is 10.6 Å². The predicted octanol–water partition coefficient (Wildman–Crippen LogP) is 3.79. The molecule has 2 aliphatic rings. The smallest absolute Gasteiger partial charge is 0.253 e. The molecule has 4 rings (SSSR count). The van der Waals surface area contributed by atoms with Crippen LogP contribution in [0.3, 0.4) is 0 Å². The Morgan fingerprint density at radius 2 is 1.79 bits per heavy atom. The summed E-state index contributed by atoms with van der Waals surface area (Å²) < 4.78 is 0. The fourth-order valence-corrected chi connectivity index (χ4v) is 3.59. The zero-order valence-electron chi connectivity index (χ0n) is 13.7. The Bertz CT molecular complexity index is 762. The lowest BCUT2D eigenvalue weighted by Gasteiger charge is -2.35. The minimum atomic E-state index is 0.00963. The lowest BCUT2D eigenvalue weighted by Crippen LogP contribution is -2.37. The molecule has 24 heavy (non-hydrogen) atoms. The van der Waals surface area contributed by atoms with Crippen molar-refractivity contribution in [3.63, 3.8) is 0 Å². The van der Waals surface area contributed by atoms with E-state index in [2.05, 4.69) is 28.8 Å². The average molecular weight is 318 g/mol. The highest BCUT2D eigenvalue weighted by Gasteiger charge is 2.31. The van der Waals surface area contributed by atoms with E-state index < -0.39 is 0 Å². The van der Waals surface area contributed by atoms with Crippen molar-refractivity contribution < 1.29 is 4.79 Å². The molecule has 122 valence electrons. The topological polar surface area (TPSA) is 41.1 Å². The van der Waals surface area contributed by atoms with Gasteiger partial charge in [-0.25, -0.2) is 0 Å². The van der Waals surface area contributed by atoms with Crippen molar-refractivity contribution in [3.8, 4) is 0 Å². The van der Waals surface area contributed by atoms with Crippen LogP contribution >= 0.6 is 0 Å². The number of nitrogens with one attached hydrogen (secondary N) is 2. The van der Waals surface area contributed by atoms with Crippen LogP contribution in [-0.4, -0.2) is 5.91 Å². The summed E-state index contributed by atoms with van der Waals surface area (Å²) in [6.07, 6.45) is 5.49. The number of amides is 1. The minimum Gasteiger partial charge on any atom is -0.386 e.